The molecular weight excluding hydrogens is 164 g/mol. The van der Waals surface area contributed by atoms with Gasteiger partial charge in [-0.2, -0.15) is 0 Å². The van der Waals surface area contributed by atoms with Crippen LogP contribution in [0.15, 0.2) is 18.2 Å². The summed E-state index contributed by atoms with van der Waals surface area (Å²) in [6.07, 6.45) is 1.38. The van der Waals surface area contributed by atoms with E-state index in [4.69, 9.17) is 4.74 Å². The van der Waals surface area contributed by atoms with Crippen LogP contribution in [0.3, 0.4) is 0 Å². The molecule has 0 saturated carbocycles. The molecule has 1 heterocycles. The molecular formula is C11H14O2. The van der Waals surface area contributed by atoms with Crippen LogP contribution < -0.4 is 4.74 Å². The number of aliphatic hydroxyl groups is 1. The highest BCUT2D eigenvalue weighted by Gasteiger charge is 2.18. The van der Waals surface area contributed by atoms with Crippen molar-refractivity contribution in [3.63, 3.8) is 0 Å². The van der Waals surface area contributed by atoms with E-state index in [0.29, 0.717) is 13.0 Å². The second-order valence-electron chi connectivity index (χ2n) is 3.38. The molecule has 0 bridgehead atoms. The minimum absolute atomic E-state index is 0.338. The normalized spacial score (nSPS) is 20.6. The van der Waals surface area contributed by atoms with Crippen LogP contribution in [-0.4, -0.2) is 11.7 Å². The lowest BCUT2D eigenvalue weighted by atomic mass is 10.0. The summed E-state index contributed by atoms with van der Waals surface area (Å²) >= 11 is 0. The van der Waals surface area contributed by atoms with Gasteiger partial charge in [0.25, 0.3) is 0 Å². The molecule has 1 aliphatic rings. The lowest BCUT2D eigenvalue weighted by Gasteiger charge is -2.22. The van der Waals surface area contributed by atoms with Gasteiger partial charge in [-0.3, -0.25) is 0 Å². The Balaban J connectivity index is 2.39. The topological polar surface area (TPSA) is 29.5 Å². The standard InChI is InChI=1S/C11H14O2/c1-2-8-3-4-9-10(12)5-6-13-11(9)7-8/h3-4,7,10,12H,2,5-6H2,1H3/t10-/m1/s1. The molecule has 2 nitrogen and oxygen atoms in total. The van der Waals surface area contributed by atoms with E-state index < -0.39 is 0 Å². The molecule has 13 heavy (non-hydrogen) atoms. The van der Waals surface area contributed by atoms with Crippen LogP contribution in [0.1, 0.15) is 30.6 Å². The molecule has 1 aliphatic heterocycles. The van der Waals surface area contributed by atoms with E-state index >= 15 is 0 Å². The largest absolute Gasteiger partial charge is 0.493 e. The van der Waals surface area contributed by atoms with Crippen molar-refractivity contribution in [1.29, 1.82) is 0 Å². The first-order valence-corrected chi connectivity index (χ1v) is 4.75. The first-order chi connectivity index (χ1) is 6.31. The average molecular weight is 178 g/mol. The molecule has 0 aliphatic carbocycles. The van der Waals surface area contributed by atoms with Crippen molar-refractivity contribution in [2.75, 3.05) is 6.61 Å². The third-order valence-corrected chi connectivity index (χ3v) is 2.49. The number of rotatable bonds is 1. The molecule has 0 spiro atoms. The maximum Gasteiger partial charge on any atom is 0.125 e. The fourth-order valence-electron chi connectivity index (χ4n) is 1.63. The zero-order valence-corrected chi connectivity index (χ0v) is 7.79. The van der Waals surface area contributed by atoms with E-state index in [-0.39, 0.29) is 6.10 Å². The summed E-state index contributed by atoms with van der Waals surface area (Å²) in [4.78, 5) is 0. The molecule has 70 valence electrons. The molecule has 1 N–H and O–H groups in total. The smallest absolute Gasteiger partial charge is 0.125 e. The molecule has 2 rings (SSSR count). The van der Waals surface area contributed by atoms with Gasteiger partial charge in [0.2, 0.25) is 0 Å². The summed E-state index contributed by atoms with van der Waals surface area (Å²) in [5.41, 5.74) is 2.19. The first-order valence-electron chi connectivity index (χ1n) is 4.75. The van der Waals surface area contributed by atoms with Crippen molar-refractivity contribution in [2.45, 2.75) is 25.9 Å². The predicted octanol–water partition coefficient (Wildman–Crippen LogP) is 2.06. The number of fused-ring (bicyclic) bond motifs is 1. The van der Waals surface area contributed by atoms with Gasteiger partial charge in [0.15, 0.2) is 0 Å². The van der Waals surface area contributed by atoms with Gasteiger partial charge in [0.1, 0.15) is 5.75 Å². The number of aryl methyl sites for hydroxylation is 1. The van der Waals surface area contributed by atoms with Gasteiger partial charge in [-0.15, -0.1) is 0 Å². The minimum Gasteiger partial charge on any atom is -0.493 e. The Morgan fingerprint density at radius 3 is 3.15 bits per heavy atom. The lowest BCUT2D eigenvalue weighted by Crippen LogP contribution is -2.13. The maximum absolute atomic E-state index is 9.64. The van der Waals surface area contributed by atoms with Crippen LogP contribution in [0.5, 0.6) is 5.75 Å². The molecule has 0 saturated heterocycles. The monoisotopic (exact) mass is 178 g/mol. The maximum atomic E-state index is 9.64. The quantitative estimate of drug-likeness (QED) is 0.713. The van der Waals surface area contributed by atoms with Crippen LogP contribution in [0.25, 0.3) is 0 Å². The molecule has 2 heteroatoms. The lowest BCUT2D eigenvalue weighted by molar-refractivity contribution is 0.115. The van der Waals surface area contributed by atoms with Crippen molar-refractivity contribution in [3.8, 4) is 5.75 Å². The van der Waals surface area contributed by atoms with E-state index in [9.17, 15) is 5.11 Å². The summed E-state index contributed by atoms with van der Waals surface area (Å²) in [6.45, 7) is 2.74. The molecule has 1 aromatic carbocycles. The van der Waals surface area contributed by atoms with Crippen molar-refractivity contribution in [2.24, 2.45) is 0 Å². The van der Waals surface area contributed by atoms with E-state index in [1.807, 2.05) is 12.1 Å². The molecule has 0 fully saturated rings. The second kappa shape index (κ2) is 3.38. The number of benzene rings is 1. The van der Waals surface area contributed by atoms with Gasteiger partial charge >= 0.3 is 0 Å². The number of ether oxygens (including phenoxy) is 1. The average Bonchev–Trinajstić information content (AvgIpc) is 2.18. The zero-order valence-electron chi connectivity index (χ0n) is 7.79. The summed E-state index contributed by atoms with van der Waals surface area (Å²) in [7, 11) is 0. The van der Waals surface area contributed by atoms with Gasteiger partial charge in [0, 0.05) is 12.0 Å². The Morgan fingerprint density at radius 2 is 2.38 bits per heavy atom. The summed E-state index contributed by atoms with van der Waals surface area (Å²) < 4.78 is 5.48. The van der Waals surface area contributed by atoms with Gasteiger partial charge in [0.05, 0.1) is 12.7 Å². The Labute approximate surface area is 78.2 Å². The molecule has 0 radical (unpaired) electrons. The van der Waals surface area contributed by atoms with Gasteiger partial charge in [-0.25, -0.2) is 0 Å². The number of aliphatic hydroxyl groups excluding tert-OH is 1. The molecule has 0 unspecified atom stereocenters. The highest BCUT2D eigenvalue weighted by atomic mass is 16.5. The minimum atomic E-state index is -0.338. The van der Waals surface area contributed by atoms with E-state index in [1.54, 1.807) is 0 Å². The van der Waals surface area contributed by atoms with Crippen molar-refractivity contribution in [3.05, 3.63) is 29.3 Å². The SMILES string of the molecule is CCc1ccc2c(c1)OCC[C@H]2O. The van der Waals surface area contributed by atoms with E-state index in [1.165, 1.54) is 5.56 Å². The van der Waals surface area contributed by atoms with Crippen LogP contribution in [-0.2, 0) is 6.42 Å². The predicted molar refractivity (Wildman–Crippen MR) is 50.9 cm³/mol. The van der Waals surface area contributed by atoms with Crippen LogP contribution in [0.2, 0.25) is 0 Å². The highest BCUT2D eigenvalue weighted by Crippen LogP contribution is 2.32. The molecule has 1 aromatic rings. The zero-order chi connectivity index (χ0) is 9.26. The number of hydrogen-bond donors (Lipinski definition) is 1. The molecule has 1 atom stereocenters. The van der Waals surface area contributed by atoms with Crippen molar-refractivity contribution in [1.82, 2.24) is 0 Å². The number of hydrogen-bond acceptors (Lipinski definition) is 2. The third-order valence-electron chi connectivity index (χ3n) is 2.49. The molecule has 0 amide bonds. The summed E-state index contributed by atoms with van der Waals surface area (Å²) in [5.74, 6) is 0.859. The Morgan fingerprint density at radius 1 is 1.54 bits per heavy atom. The highest BCUT2D eigenvalue weighted by molar-refractivity contribution is 5.40. The van der Waals surface area contributed by atoms with Gasteiger partial charge in [-0.05, 0) is 18.1 Å². The fourth-order valence-corrected chi connectivity index (χ4v) is 1.63. The molecule has 0 aromatic heterocycles. The first kappa shape index (κ1) is 8.57. The van der Waals surface area contributed by atoms with E-state index in [0.717, 1.165) is 17.7 Å². The Hall–Kier alpha value is -1.02. The fraction of sp³-hybridized carbons (Fsp3) is 0.455. The van der Waals surface area contributed by atoms with Crippen LogP contribution in [0.4, 0.5) is 0 Å². The van der Waals surface area contributed by atoms with Crippen LogP contribution >= 0.6 is 0 Å². The van der Waals surface area contributed by atoms with Gasteiger partial charge < -0.3 is 9.84 Å². The third kappa shape index (κ3) is 1.54. The second-order valence-corrected chi connectivity index (χ2v) is 3.38. The van der Waals surface area contributed by atoms with Gasteiger partial charge in [-0.1, -0.05) is 19.1 Å². The van der Waals surface area contributed by atoms with Crippen molar-refractivity contribution < 1.29 is 9.84 Å². The Kier molecular flexibility index (Phi) is 2.23. The van der Waals surface area contributed by atoms with Crippen molar-refractivity contribution >= 4 is 0 Å². The van der Waals surface area contributed by atoms with Crippen LogP contribution in [0, 0.1) is 0 Å². The summed E-state index contributed by atoms with van der Waals surface area (Å²) in [5, 5.41) is 9.64. The Bertz CT molecular complexity index is 307. The summed E-state index contributed by atoms with van der Waals surface area (Å²) in [6, 6.07) is 6.05. The van der Waals surface area contributed by atoms with E-state index in [2.05, 4.69) is 13.0 Å².